The summed E-state index contributed by atoms with van der Waals surface area (Å²) in [6.07, 6.45) is 2.22. The molecule has 1 aliphatic rings. The summed E-state index contributed by atoms with van der Waals surface area (Å²) >= 11 is 0. The second-order valence-corrected chi connectivity index (χ2v) is 8.49. The van der Waals surface area contributed by atoms with E-state index in [1.54, 1.807) is 49.8 Å². The SMILES string of the molecule is C[C@]1(O)CC[C@H](Nc2nc(OC(F)(F)F)c3c(-c4ccc5nccnc5c4)ccn3n2)CC1. The van der Waals surface area contributed by atoms with E-state index in [9.17, 15) is 18.3 Å². The quantitative estimate of drug-likeness (QED) is 0.469. The molecule has 0 spiro atoms. The summed E-state index contributed by atoms with van der Waals surface area (Å²) in [5, 5.41) is 17.6. The van der Waals surface area contributed by atoms with Crippen LogP contribution in [0.5, 0.6) is 5.88 Å². The Morgan fingerprint density at radius 1 is 1.12 bits per heavy atom. The van der Waals surface area contributed by atoms with Gasteiger partial charge in [0, 0.05) is 30.2 Å². The first-order valence-corrected chi connectivity index (χ1v) is 10.5. The molecule has 1 aromatic carbocycles. The molecule has 0 saturated heterocycles. The topological polar surface area (TPSA) is 97.5 Å². The van der Waals surface area contributed by atoms with E-state index in [1.165, 1.54) is 4.52 Å². The Morgan fingerprint density at radius 2 is 1.85 bits per heavy atom. The third-order valence-electron chi connectivity index (χ3n) is 5.87. The Labute approximate surface area is 186 Å². The zero-order valence-corrected chi connectivity index (χ0v) is 17.7. The lowest BCUT2D eigenvalue weighted by Gasteiger charge is -2.33. The summed E-state index contributed by atoms with van der Waals surface area (Å²) in [7, 11) is 0. The highest BCUT2D eigenvalue weighted by Gasteiger charge is 2.34. The van der Waals surface area contributed by atoms with Crippen LogP contribution >= 0.6 is 0 Å². The van der Waals surface area contributed by atoms with Crippen LogP contribution in [-0.4, -0.2) is 47.7 Å². The van der Waals surface area contributed by atoms with Crippen LogP contribution in [-0.2, 0) is 0 Å². The van der Waals surface area contributed by atoms with Crippen LogP contribution in [0.1, 0.15) is 32.6 Å². The van der Waals surface area contributed by atoms with Crippen molar-refractivity contribution in [3.05, 3.63) is 42.9 Å². The average molecular weight is 458 g/mol. The lowest BCUT2D eigenvalue weighted by molar-refractivity contribution is -0.275. The number of hydrogen-bond acceptors (Lipinski definition) is 7. The van der Waals surface area contributed by atoms with Crippen LogP contribution in [0.15, 0.2) is 42.9 Å². The molecule has 0 radical (unpaired) electrons. The van der Waals surface area contributed by atoms with Gasteiger partial charge in [0.2, 0.25) is 5.95 Å². The number of nitrogens with zero attached hydrogens (tertiary/aromatic N) is 5. The summed E-state index contributed by atoms with van der Waals surface area (Å²) in [5.74, 6) is -0.568. The van der Waals surface area contributed by atoms with Gasteiger partial charge in [-0.2, -0.15) is 4.98 Å². The van der Waals surface area contributed by atoms with Crippen LogP contribution in [0.25, 0.3) is 27.7 Å². The molecular formula is C22H21F3N6O2. The molecule has 0 unspecified atom stereocenters. The number of alkyl halides is 3. The first kappa shape index (κ1) is 21.4. The molecule has 5 rings (SSSR count). The van der Waals surface area contributed by atoms with Crippen LogP contribution in [0.2, 0.25) is 0 Å². The van der Waals surface area contributed by atoms with Gasteiger partial charge in [0.25, 0.3) is 5.88 Å². The second kappa shape index (κ2) is 7.84. The minimum absolute atomic E-state index is 0.0276. The van der Waals surface area contributed by atoms with Gasteiger partial charge < -0.3 is 15.2 Å². The standard InChI is InChI=1S/C22H21F3N6O2/c1-21(32)7-4-14(5-8-21)28-20-29-19(33-22(23,24)25)18-15(6-11-31(18)30-20)13-2-3-16-17(12-13)27-10-9-26-16/h2-3,6,9-12,14,32H,4-5,7-8H2,1H3,(H,28,30)/t14-,21-. The fourth-order valence-corrected chi connectivity index (χ4v) is 4.16. The summed E-state index contributed by atoms with van der Waals surface area (Å²) < 4.78 is 45.3. The number of fused-ring (bicyclic) bond motifs is 2. The predicted molar refractivity (Wildman–Crippen MR) is 115 cm³/mol. The summed E-state index contributed by atoms with van der Waals surface area (Å²) in [5.41, 5.74) is 1.75. The van der Waals surface area contributed by atoms with Gasteiger partial charge in [0.05, 0.1) is 16.6 Å². The molecule has 1 saturated carbocycles. The Bertz CT molecular complexity index is 1310. The third kappa shape index (κ3) is 4.54. The fraction of sp³-hybridized carbons (Fsp3) is 0.364. The van der Waals surface area contributed by atoms with Crippen LogP contribution < -0.4 is 10.1 Å². The van der Waals surface area contributed by atoms with E-state index in [4.69, 9.17) is 0 Å². The molecule has 3 aromatic heterocycles. The number of anilines is 1. The Balaban J connectivity index is 1.55. The van der Waals surface area contributed by atoms with Crippen molar-refractivity contribution in [2.45, 2.75) is 50.6 Å². The minimum atomic E-state index is -4.92. The number of benzene rings is 1. The molecular weight excluding hydrogens is 437 g/mol. The molecule has 0 amide bonds. The normalized spacial score (nSPS) is 21.4. The number of ether oxygens (including phenoxy) is 1. The Morgan fingerprint density at radius 3 is 2.58 bits per heavy atom. The maximum absolute atomic E-state index is 13.2. The van der Waals surface area contributed by atoms with E-state index in [1.807, 2.05) is 0 Å². The van der Waals surface area contributed by atoms with Gasteiger partial charge in [0.15, 0.2) is 0 Å². The van der Waals surface area contributed by atoms with Gasteiger partial charge in [-0.3, -0.25) is 9.97 Å². The molecule has 1 fully saturated rings. The molecule has 11 heteroatoms. The lowest BCUT2D eigenvalue weighted by Crippen LogP contribution is -2.36. The molecule has 3 heterocycles. The van der Waals surface area contributed by atoms with E-state index in [0.717, 1.165) is 0 Å². The van der Waals surface area contributed by atoms with E-state index in [-0.39, 0.29) is 17.5 Å². The van der Waals surface area contributed by atoms with Crippen LogP contribution in [0.4, 0.5) is 19.1 Å². The first-order chi connectivity index (χ1) is 15.7. The first-order valence-electron chi connectivity index (χ1n) is 10.5. The summed E-state index contributed by atoms with van der Waals surface area (Å²) in [4.78, 5) is 12.5. The smallest absolute Gasteiger partial charge is 0.390 e. The summed E-state index contributed by atoms with van der Waals surface area (Å²) in [6, 6.07) is 6.85. The highest BCUT2D eigenvalue weighted by atomic mass is 19.4. The van der Waals surface area contributed by atoms with Gasteiger partial charge in [0.1, 0.15) is 5.52 Å². The zero-order valence-electron chi connectivity index (χ0n) is 17.7. The largest absolute Gasteiger partial charge is 0.574 e. The molecule has 4 aromatic rings. The fourth-order valence-electron chi connectivity index (χ4n) is 4.16. The van der Waals surface area contributed by atoms with Crippen molar-refractivity contribution in [1.82, 2.24) is 24.6 Å². The van der Waals surface area contributed by atoms with Crippen molar-refractivity contribution in [3.8, 4) is 17.0 Å². The molecule has 172 valence electrons. The zero-order chi connectivity index (χ0) is 23.2. The number of aliphatic hydroxyl groups is 1. The molecule has 1 aliphatic carbocycles. The van der Waals surface area contributed by atoms with Crippen LogP contribution in [0.3, 0.4) is 0 Å². The van der Waals surface area contributed by atoms with Crippen molar-refractivity contribution in [2.75, 3.05) is 5.32 Å². The molecule has 0 bridgehead atoms. The maximum Gasteiger partial charge on any atom is 0.574 e. The van der Waals surface area contributed by atoms with Crippen molar-refractivity contribution in [3.63, 3.8) is 0 Å². The second-order valence-electron chi connectivity index (χ2n) is 8.49. The average Bonchev–Trinajstić information content (AvgIpc) is 3.18. The number of nitrogens with one attached hydrogen (secondary N) is 1. The Kier molecular flexibility index (Phi) is 5.08. The molecule has 2 N–H and O–H groups in total. The van der Waals surface area contributed by atoms with E-state index >= 15 is 0 Å². The lowest BCUT2D eigenvalue weighted by atomic mass is 9.84. The van der Waals surface area contributed by atoms with Crippen molar-refractivity contribution in [1.29, 1.82) is 0 Å². The molecule has 0 aliphatic heterocycles. The minimum Gasteiger partial charge on any atom is -0.390 e. The van der Waals surface area contributed by atoms with Gasteiger partial charge in [-0.05, 0) is 56.4 Å². The van der Waals surface area contributed by atoms with Gasteiger partial charge >= 0.3 is 6.36 Å². The van der Waals surface area contributed by atoms with E-state index in [0.29, 0.717) is 47.8 Å². The monoisotopic (exact) mass is 458 g/mol. The Hall–Kier alpha value is -3.47. The van der Waals surface area contributed by atoms with E-state index < -0.39 is 17.8 Å². The molecule has 8 nitrogen and oxygen atoms in total. The number of rotatable bonds is 4. The maximum atomic E-state index is 13.2. The molecule has 0 atom stereocenters. The van der Waals surface area contributed by atoms with Crippen LogP contribution in [0, 0.1) is 0 Å². The van der Waals surface area contributed by atoms with Crippen molar-refractivity contribution < 1.29 is 23.0 Å². The van der Waals surface area contributed by atoms with E-state index in [2.05, 4.69) is 30.1 Å². The third-order valence-corrected chi connectivity index (χ3v) is 5.87. The number of halogens is 3. The number of hydrogen-bond donors (Lipinski definition) is 2. The predicted octanol–water partition coefficient (Wildman–Crippen LogP) is 4.34. The molecule has 33 heavy (non-hydrogen) atoms. The van der Waals surface area contributed by atoms with Crippen molar-refractivity contribution in [2.24, 2.45) is 0 Å². The summed E-state index contributed by atoms with van der Waals surface area (Å²) in [6.45, 7) is 1.78. The van der Waals surface area contributed by atoms with Crippen molar-refractivity contribution >= 4 is 22.5 Å². The van der Waals surface area contributed by atoms with Gasteiger partial charge in [-0.25, -0.2) is 4.52 Å². The van der Waals surface area contributed by atoms with Gasteiger partial charge in [-0.1, -0.05) is 6.07 Å². The number of aromatic nitrogens is 5. The van der Waals surface area contributed by atoms with Gasteiger partial charge in [-0.15, -0.1) is 18.3 Å². The highest BCUT2D eigenvalue weighted by molar-refractivity contribution is 5.89. The highest BCUT2D eigenvalue weighted by Crippen LogP contribution is 2.35.